The number of hydrogen-bond acceptors (Lipinski definition) is 6. The first-order chi connectivity index (χ1) is 15.8. The molecule has 1 atom stereocenters. The van der Waals surface area contributed by atoms with Gasteiger partial charge in [-0.1, -0.05) is 19.9 Å². The van der Waals surface area contributed by atoms with Crippen molar-refractivity contribution in [3.63, 3.8) is 0 Å². The largest absolute Gasteiger partial charge is 0.454 e. The Morgan fingerprint density at radius 3 is 2.88 bits per heavy atom. The van der Waals surface area contributed by atoms with Crippen molar-refractivity contribution in [3.8, 4) is 11.5 Å². The van der Waals surface area contributed by atoms with Crippen LogP contribution in [0.5, 0.6) is 11.5 Å². The number of likely N-dealkylation sites (tertiary alicyclic amines) is 1. The van der Waals surface area contributed by atoms with Gasteiger partial charge in [0.1, 0.15) is 12.2 Å². The van der Waals surface area contributed by atoms with Crippen LogP contribution in [0, 0.1) is 0 Å². The van der Waals surface area contributed by atoms with Gasteiger partial charge >= 0.3 is 0 Å². The third kappa shape index (κ3) is 6.95. The second-order valence-corrected chi connectivity index (χ2v) is 8.20. The zero-order valence-corrected chi connectivity index (χ0v) is 22.0. The van der Waals surface area contributed by atoms with Crippen LogP contribution < -0.4 is 20.1 Å². The fourth-order valence-corrected chi connectivity index (χ4v) is 4.35. The molecule has 10 heteroatoms. The fourth-order valence-electron chi connectivity index (χ4n) is 4.35. The van der Waals surface area contributed by atoms with E-state index >= 15 is 0 Å². The number of guanidine groups is 1. The van der Waals surface area contributed by atoms with Crippen LogP contribution in [0.25, 0.3) is 0 Å². The van der Waals surface area contributed by atoms with E-state index in [1.54, 1.807) is 6.33 Å². The molecular formula is C23H36IN7O2. The maximum atomic E-state index is 5.49. The lowest BCUT2D eigenvalue weighted by Gasteiger charge is -2.21. The lowest BCUT2D eigenvalue weighted by Crippen LogP contribution is -2.41. The monoisotopic (exact) mass is 569 g/mol. The Morgan fingerprint density at radius 2 is 2.03 bits per heavy atom. The van der Waals surface area contributed by atoms with E-state index in [1.165, 1.54) is 24.9 Å². The smallest absolute Gasteiger partial charge is 0.231 e. The lowest BCUT2D eigenvalue weighted by molar-refractivity contribution is 0.174. The summed E-state index contributed by atoms with van der Waals surface area (Å²) >= 11 is 0. The number of nitrogens with one attached hydrogen (secondary N) is 2. The number of hydrogen-bond donors (Lipinski definition) is 2. The summed E-state index contributed by atoms with van der Waals surface area (Å²) < 4.78 is 13.0. The Hall–Kier alpha value is -2.08. The van der Waals surface area contributed by atoms with Crippen molar-refractivity contribution in [2.45, 2.75) is 52.1 Å². The van der Waals surface area contributed by atoms with Crippen molar-refractivity contribution in [1.82, 2.24) is 30.3 Å². The van der Waals surface area contributed by atoms with E-state index in [4.69, 9.17) is 14.5 Å². The Balaban J connectivity index is 0.00000306. The standard InChI is InChI=1S/C23H35N7O2.HI/c1-3-22-28-27-16-30(22)13-11-25-23(26-15-19-6-5-12-29(19)4-2)24-10-9-18-7-8-20-21(14-18)32-17-31-20;/h7-8,14,16,19H,3-6,9-13,15,17H2,1-2H3,(H2,24,25,26);1H. The van der Waals surface area contributed by atoms with E-state index in [0.717, 1.165) is 68.8 Å². The number of halogens is 1. The molecule has 2 aliphatic heterocycles. The second kappa shape index (κ2) is 13.0. The van der Waals surface area contributed by atoms with Crippen LogP contribution in [-0.4, -0.2) is 71.2 Å². The van der Waals surface area contributed by atoms with E-state index in [1.807, 2.05) is 6.07 Å². The molecule has 1 aromatic heterocycles. The minimum atomic E-state index is 0. The normalized spacial score (nSPS) is 17.8. The van der Waals surface area contributed by atoms with Crippen molar-refractivity contribution >= 4 is 29.9 Å². The fraction of sp³-hybridized carbons (Fsp3) is 0.609. The number of ether oxygens (including phenoxy) is 2. The molecule has 0 amide bonds. The molecule has 4 rings (SSSR count). The molecule has 2 aromatic rings. The first-order valence-corrected chi connectivity index (χ1v) is 11.8. The molecule has 3 heterocycles. The van der Waals surface area contributed by atoms with Crippen LogP contribution in [-0.2, 0) is 19.4 Å². The van der Waals surface area contributed by atoms with Gasteiger partial charge in [0.2, 0.25) is 6.79 Å². The van der Waals surface area contributed by atoms with Gasteiger partial charge < -0.3 is 24.7 Å². The lowest BCUT2D eigenvalue weighted by atomic mass is 10.1. The zero-order valence-electron chi connectivity index (χ0n) is 19.6. The average Bonchev–Trinajstić information content (AvgIpc) is 3.57. The highest BCUT2D eigenvalue weighted by Gasteiger charge is 2.22. The maximum Gasteiger partial charge on any atom is 0.231 e. The number of nitrogens with zero attached hydrogens (tertiary/aromatic N) is 5. The van der Waals surface area contributed by atoms with Crippen LogP contribution in [0.15, 0.2) is 29.5 Å². The molecule has 0 bridgehead atoms. The van der Waals surface area contributed by atoms with Gasteiger partial charge in [0.05, 0.1) is 6.54 Å². The van der Waals surface area contributed by atoms with E-state index < -0.39 is 0 Å². The van der Waals surface area contributed by atoms with Gasteiger partial charge in [0.25, 0.3) is 0 Å². The molecule has 0 radical (unpaired) electrons. The van der Waals surface area contributed by atoms with Crippen molar-refractivity contribution in [2.75, 3.05) is 39.5 Å². The van der Waals surface area contributed by atoms with Gasteiger partial charge in [-0.25, -0.2) is 0 Å². The summed E-state index contributed by atoms with van der Waals surface area (Å²) in [6.45, 7) is 10.1. The highest BCUT2D eigenvalue weighted by molar-refractivity contribution is 14.0. The topological polar surface area (TPSA) is 88.8 Å². The Bertz CT molecular complexity index is 905. The molecule has 182 valence electrons. The third-order valence-corrected chi connectivity index (χ3v) is 6.17. The summed E-state index contributed by atoms with van der Waals surface area (Å²) in [5.41, 5.74) is 1.21. The quantitative estimate of drug-likeness (QED) is 0.258. The van der Waals surface area contributed by atoms with Gasteiger partial charge in [-0.15, -0.1) is 34.2 Å². The van der Waals surface area contributed by atoms with E-state index in [0.29, 0.717) is 12.8 Å². The predicted molar refractivity (Wildman–Crippen MR) is 140 cm³/mol. The van der Waals surface area contributed by atoms with Crippen LogP contribution in [0.1, 0.15) is 38.1 Å². The minimum Gasteiger partial charge on any atom is -0.454 e. The summed E-state index contributed by atoms with van der Waals surface area (Å²) in [5.74, 6) is 3.52. The number of aryl methyl sites for hydroxylation is 1. The van der Waals surface area contributed by atoms with Crippen LogP contribution in [0.4, 0.5) is 0 Å². The summed E-state index contributed by atoms with van der Waals surface area (Å²) in [5, 5.41) is 15.2. The Kier molecular flexibility index (Phi) is 10.0. The van der Waals surface area contributed by atoms with Crippen LogP contribution >= 0.6 is 24.0 Å². The summed E-state index contributed by atoms with van der Waals surface area (Å²) in [6.07, 6.45) is 6.04. The molecule has 1 fully saturated rings. The summed E-state index contributed by atoms with van der Waals surface area (Å²) in [6, 6.07) is 6.67. The number of rotatable bonds is 10. The molecule has 0 aliphatic carbocycles. The summed E-state index contributed by atoms with van der Waals surface area (Å²) in [7, 11) is 0. The molecule has 2 aliphatic rings. The number of aromatic nitrogens is 3. The highest BCUT2D eigenvalue weighted by Crippen LogP contribution is 2.32. The van der Waals surface area contributed by atoms with E-state index in [2.05, 4.69) is 56.3 Å². The number of fused-ring (bicyclic) bond motifs is 1. The van der Waals surface area contributed by atoms with Crippen LogP contribution in [0.3, 0.4) is 0 Å². The molecular weight excluding hydrogens is 533 g/mol. The van der Waals surface area contributed by atoms with Crippen molar-refractivity contribution in [1.29, 1.82) is 0 Å². The molecule has 2 N–H and O–H groups in total. The summed E-state index contributed by atoms with van der Waals surface area (Å²) in [4.78, 5) is 7.45. The van der Waals surface area contributed by atoms with Crippen molar-refractivity contribution < 1.29 is 9.47 Å². The van der Waals surface area contributed by atoms with Crippen molar-refractivity contribution in [2.24, 2.45) is 4.99 Å². The second-order valence-electron chi connectivity index (χ2n) is 8.20. The van der Waals surface area contributed by atoms with Gasteiger partial charge in [0.15, 0.2) is 17.5 Å². The third-order valence-electron chi connectivity index (χ3n) is 6.17. The van der Waals surface area contributed by atoms with Crippen molar-refractivity contribution in [3.05, 3.63) is 35.9 Å². The Morgan fingerprint density at radius 1 is 1.18 bits per heavy atom. The molecule has 1 aromatic carbocycles. The zero-order chi connectivity index (χ0) is 22.2. The van der Waals surface area contributed by atoms with Gasteiger partial charge in [-0.05, 0) is 50.0 Å². The average molecular weight is 569 g/mol. The maximum absolute atomic E-state index is 5.49. The number of likely N-dealkylation sites (N-methyl/N-ethyl adjacent to an activating group) is 1. The molecule has 1 saturated heterocycles. The SMILES string of the molecule is CCc1nncn1CCNC(=NCC1CCCN1CC)NCCc1ccc2c(c1)OCO2.I. The van der Waals surface area contributed by atoms with Gasteiger partial charge in [0, 0.05) is 32.1 Å². The molecule has 1 unspecified atom stereocenters. The number of benzene rings is 1. The molecule has 33 heavy (non-hydrogen) atoms. The van der Waals surface area contributed by atoms with Gasteiger partial charge in [-0.2, -0.15) is 0 Å². The molecule has 9 nitrogen and oxygen atoms in total. The highest BCUT2D eigenvalue weighted by atomic mass is 127. The Labute approximate surface area is 213 Å². The van der Waals surface area contributed by atoms with Crippen LogP contribution in [0.2, 0.25) is 0 Å². The predicted octanol–water partition coefficient (Wildman–Crippen LogP) is 2.45. The first-order valence-electron chi connectivity index (χ1n) is 11.8. The first kappa shape index (κ1) is 25.5. The molecule has 0 spiro atoms. The van der Waals surface area contributed by atoms with E-state index in [-0.39, 0.29) is 24.0 Å². The van der Waals surface area contributed by atoms with Gasteiger partial charge in [-0.3, -0.25) is 9.89 Å². The van der Waals surface area contributed by atoms with E-state index in [9.17, 15) is 0 Å². The minimum absolute atomic E-state index is 0. The molecule has 0 saturated carbocycles. The number of aliphatic imine (C=N–C) groups is 1.